The average molecular weight is 278 g/mol. The summed E-state index contributed by atoms with van der Waals surface area (Å²) in [6.07, 6.45) is -1.47. The van der Waals surface area contributed by atoms with Crippen LogP contribution in [0.15, 0.2) is 0 Å². The molecule has 10 heteroatoms. The van der Waals surface area contributed by atoms with E-state index >= 15 is 0 Å². The Bertz CT molecular complexity index is 307. The van der Waals surface area contributed by atoms with Crippen LogP contribution in [0.25, 0.3) is 0 Å². The number of carbonyl (C=O) groups is 1. The minimum Gasteiger partial charge on any atom is -0.376 e. The van der Waals surface area contributed by atoms with Gasteiger partial charge >= 0.3 is 6.03 Å². The van der Waals surface area contributed by atoms with Gasteiger partial charge < -0.3 is 30.2 Å². The fourth-order valence-electron chi connectivity index (χ4n) is 2.34. The van der Waals surface area contributed by atoms with Crippen LogP contribution in [0, 0.1) is 0 Å². The molecule has 2 fully saturated rings. The Labute approximate surface area is 108 Å². The van der Waals surface area contributed by atoms with Crippen molar-refractivity contribution in [2.75, 3.05) is 26.9 Å². The molecule has 0 saturated carbocycles. The maximum absolute atomic E-state index is 11.9. The minimum atomic E-state index is -0.737. The van der Waals surface area contributed by atoms with Gasteiger partial charge in [-0.1, -0.05) is 0 Å². The van der Waals surface area contributed by atoms with Crippen LogP contribution in [-0.4, -0.2) is 90.4 Å². The molecule has 0 aliphatic carbocycles. The maximum Gasteiger partial charge on any atom is 0.327 e. The third-order valence-corrected chi connectivity index (χ3v) is 3.61. The van der Waals surface area contributed by atoms with E-state index in [1.807, 2.05) is 0 Å². The largest absolute Gasteiger partial charge is 0.376 e. The number of nitrogens with zero attached hydrogens (tertiary/aromatic N) is 4. The number of urea groups is 1. The number of carbonyl (C=O) groups excluding carboxylic acids is 1. The molecule has 0 aromatic heterocycles. The number of rotatable bonds is 4. The van der Waals surface area contributed by atoms with Crippen LogP contribution in [0.2, 0.25) is 0 Å². The van der Waals surface area contributed by atoms with Gasteiger partial charge in [-0.3, -0.25) is 9.80 Å². The highest BCUT2D eigenvalue weighted by Crippen LogP contribution is 2.33. The molecule has 2 rings (SSSR count). The van der Waals surface area contributed by atoms with E-state index in [2.05, 4.69) is 0 Å². The Morgan fingerprint density at radius 1 is 0.833 bits per heavy atom. The van der Waals surface area contributed by atoms with Crippen LogP contribution in [-0.2, 0) is 0 Å². The van der Waals surface area contributed by atoms with Crippen molar-refractivity contribution in [3.8, 4) is 0 Å². The topological polar surface area (TPSA) is 111 Å². The highest BCUT2D eigenvalue weighted by atomic mass is 32.1. The molecule has 2 aliphatic heterocycles. The molecule has 2 unspecified atom stereocenters. The molecule has 0 aromatic rings. The van der Waals surface area contributed by atoms with E-state index in [0.717, 1.165) is 9.80 Å². The van der Waals surface area contributed by atoms with E-state index in [1.165, 1.54) is 9.80 Å². The van der Waals surface area contributed by atoms with Gasteiger partial charge in [0.2, 0.25) is 0 Å². The zero-order chi connectivity index (χ0) is 13.4. The van der Waals surface area contributed by atoms with E-state index in [-0.39, 0.29) is 5.11 Å². The zero-order valence-electron chi connectivity index (χ0n) is 9.38. The number of aliphatic hydroxyl groups is 4. The molecule has 2 atom stereocenters. The second-order valence-corrected chi connectivity index (χ2v) is 4.20. The molecule has 0 bridgehead atoms. The van der Waals surface area contributed by atoms with Crippen molar-refractivity contribution in [2.45, 2.75) is 12.3 Å². The van der Waals surface area contributed by atoms with Gasteiger partial charge in [-0.05, 0) is 12.2 Å². The van der Waals surface area contributed by atoms with Crippen LogP contribution < -0.4 is 0 Å². The van der Waals surface area contributed by atoms with Crippen LogP contribution in [0.3, 0.4) is 0 Å². The molecule has 2 saturated heterocycles. The Morgan fingerprint density at radius 2 is 1.17 bits per heavy atom. The van der Waals surface area contributed by atoms with E-state index in [4.69, 9.17) is 12.2 Å². The lowest BCUT2D eigenvalue weighted by molar-refractivity contribution is 0.0133. The third kappa shape index (κ3) is 1.54. The fourth-order valence-corrected chi connectivity index (χ4v) is 2.67. The number of amides is 2. The number of aliphatic hydroxyl groups excluding tert-OH is 4. The van der Waals surface area contributed by atoms with Gasteiger partial charge in [0.15, 0.2) is 17.4 Å². The Hall–Kier alpha value is -1.20. The van der Waals surface area contributed by atoms with E-state index in [0.29, 0.717) is 0 Å². The number of thiocarbonyl (C=S) groups is 1. The van der Waals surface area contributed by atoms with Crippen LogP contribution in [0.1, 0.15) is 0 Å². The lowest BCUT2D eigenvalue weighted by Crippen LogP contribution is -2.47. The fraction of sp³-hybridized carbons (Fsp3) is 0.750. The third-order valence-electron chi connectivity index (χ3n) is 3.14. The van der Waals surface area contributed by atoms with Crippen molar-refractivity contribution < 1.29 is 25.2 Å². The van der Waals surface area contributed by atoms with Gasteiger partial charge in [0.25, 0.3) is 0 Å². The first kappa shape index (κ1) is 13.2. The van der Waals surface area contributed by atoms with Crippen LogP contribution in [0.5, 0.6) is 0 Å². The number of fused-ring (bicyclic) bond motifs is 1. The lowest BCUT2D eigenvalue weighted by atomic mass is 10.3. The average Bonchev–Trinajstić information content (AvgIpc) is 2.78. The highest BCUT2D eigenvalue weighted by molar-refractivity contribution is 7.80. The zero-order valence-corrected chi connectivity index (χ0v) is 10.2. The SMILES string of the molecule is O=C1N(CO)C2C(N1CO)N(CO)C(=S)N2CO. The predicted octanol–water partition coefficient (Wildman–Crippen LogP) is -2.92. The van der Waals surface area contributed by atoms with Crippen molar-refractivity contribution in [3.05, 3.63) is 0 Å². The molecule has 2 aliphatic rings. The summed E-state index contributed by atoms with van der Waals surface area (Å²) in [7, 11) is 0. The van der Waals surface area contributed by atoms with E-state index in [9.17, 15) is 25.2 Å². The standard InChI is InChI=1S/C8H14N4O5S/c13-1-9-5-6(10(2-14)7(9)17)12(4-16)8(18)11(5)3-15/h5-6,13-16H,1-4H2. The molecule has 102 valence electrons. The summed E-state index contributed by atoms with van der Waals surface area (Å²) in [5.74, 6) is 0. The van der Waals surface area contributed by atoms with Crippen LogP contribution in [0.4, 0.5) is 4.79 Å². The van der Waals surface area contributed by atoms with E-state index in [1.54, 1.807) is 0 Å². The van der Waals surface area contributed by atoms with E-state index < -0.39 is 45.3 Å². The van der Waals surface area contributed by atoms with Crippen molar-refractivity contribution in [2.24, 2.45) is 0 Å². The van der Waals surface area contributed by atoms with Gasteiger partial charge in [0.1, 0.15) is 26.9 Å². The molecule has 0 aromatic carbocycles. The Kier molecular flexibility index (Phi) is 3.54. The second kappa shape index (κ2) is 4.82. The summed E-state index contributed by atoms with van der Waals surface area (Å²) < 4.78 is 0. The summed E-state index contributed by atoms with van der Waals surface area (Å²) >= 11 is 5.06. The van der Waals surface area contributed by atoms with Gasteiger partial charge in [0, 0.05) is 0 Å². The summed E-state index contributed by atoms with van der Waals surface area (Å²) in [6, 6.07) is -0.589. The minimum absolute atomic E-state index is 0.152. The highest BCUT2D eigenvalue weighted by Gasteiger charge is 2.57. The van der Waals surface area contributed by atoms with Gasteiger partial charge in [-0.25, -0.2) is 4.79 Å². The molecule has 0 spiro atoms. The Morgan fingerprint density at radius 3 is 1.44 bits per heavy atom. The van der Waals surface area contributed by atoms with Crippen molar-refractivity contribution >= 4 is 23.4 Å². The van der Waals surface area contributed by atoms with Crippen molar-refractivity contribution in [1.82, 2.24) is 19.6 Å². The molecule has 18 heavy (non-hydrogen) atoms. The molecule has 2 amide bonds. The second-order valence-electron chi connectivity index (χ2n) is 3.84. The molecular formula is C8H14N4O5S. The summed E-state index contributed by atoms with van der Waals surface area (Å²) in [5, 5.41) is 37.2. The van der Waals surface area contributed by atoms with Gasteiger partial charge in [0.05, 0.1) is 0 Å². The summed E-state index contributed by atoms with van der Waals surface area (Å²) in [4.78, 5) is 16.6. The van der Waals surface area contributed by atoms with Gasteiger partial charge in [-0.2, -0.15) is 0 Å². The molecule has 9 nitrogen and oxygen atoms in total. The molecule has 4 N–H and O–H groups in total. The first-order chi connectivity index (χ1) is 8.62. The summed E-state index contributed by atoms with van der Waals surface area (Å²) in [6.45, 7) is -2.07. The van der Waals surface area contributed by atoms with Gasteiger partial charge in [-0.15, -0.1) is 0 Å². The molecule has 0 radical (unpaired) electrons. The molecular weight excluding hydrogens is 264 g/mol. The van der Waals surface area contributed by atoms with Crippen molar-refractivity contribution in [1.29, 1.82) is 0 Å². The monoisotopic (exact) mass is 278 g/mol. The van der Waals surface area contributed by atoms with Crippen LogP contribution >= 0.6 is 12.2 Å². The predicted molar refractivity (Wildman–Crippen MR) is 61.3 cm³/mol. The molecule has 2 heterocycles. The first-order valence-electron chi connectivity index (χ1n) is 5.20. The first-order valence-corrected chi connectivity index (χ1v) is 5.61. The quantitative estimate of drug-likeness (QED) is 0.405. The number of hydrogen-bond donors (Lipinski definition) is 4. The lowest BCUT2D eigenvalue weighted by Gasteiger charge is -2.28. The Balaban J connectivity index is 2.41. The normalized spacial score (nSPS) is 27.6. The summed E-state index contributed by atoms with van der Waals surface area (Å²) in [5.41, 5.74) is 0. The smallest absolute Gasteiger partial charge is 0.327 e. The van der Waals surface area contributed by atoms with Crippen molar-refractivity contribution in [3.63, 3.8) is 0 Å². The maximum atomic E-state index is 11.9. The number of hydrogen-bond acceptors (Lipinski definition) is 6.